The number of hydrogen-bond donors (Lipinski definition) is 2. The molecular weight excluding hydrogens is 272 g/mol. The maximum absolute atomic E-state index is 9.83. The quantitative estimate of drug-likeness (QED) is 0.745. The first kappa shape index (κ1) is 16.2. The summed E-state index contributed by atoms with van der Waals surface area (Å²) < 4.78 is 12.6. The normalized spacial score (nSPS) is 27.0. The Morgan fingerprint density at radius 2 is 2.33 bits per heavy atom. The molecule has 1 aromatic heterocycles. The molecule has 0 spiro atoms. The molecule has 0 radical (unpaired) electrons. The minimum atomic E-state index is -0.382. The lowest BCUT2D eigenvalue weighted by atomic mass is 9.96. The van der Waals surface area contributed by atoms with Gasteiger partial charge in [-0.2, -0.15) is 0 Å². The van der Waals surface area contributed by atoms with Crippen molar-refractivity contribution in [2.24, 2.45) is 7.05 Å². The van der Waals surface area contributed by atoms with Crippen LogP contribution in [0.5, 0.6) is 5.88 Å². The molecule has 2 N–H and O–H groups in total. The van der Waals surface area contributed by atoms with Crippen LogP contribution in [0.25, 0.3) is 0 Å². The molecule has 0 bridgehead atoms. The van der Waals surface area contributed by atoms with Crippen LogP contribution in [0.4, 0.5) is 0 Å². The summed E-state index contributed by atoms with van der Waals surface area (Å²) in [6.45, 7) is 4.68. The first-order valence-corrected chi connectivity index (χ1v) is 7.21. The summed E-state index contributed by atoms with van der Waals surface area (Å²) in [4.78, 5) is 2.20. The maximum Gasteiger partial charge on any atom is 0.237 e. The molecule has 0 amide bonds. The monoisotopic (exact) mass is 298 g/mol. The van der Waals surface area contributed by atoms with Crippen LogP contribution in [0.1, 0.15) is 12.5 Å². The maximum atomic E-state index is 9.83. The summed E-state index contributed by atoms with van der Waals surface area (Å²) in [5, 5.41) is 17.4. The molecule has 0 aromatic carbocycles. The summed E-state index contributed by atoms with van der Waals surface area (Å²) >= 11 is 0. The summed E-state index contributed by atoms with van der Waals surface area (Å²) in [5.74, 6) is 0.629. The highest BCUT2D eigenvalue weighted by molar-refractivity contribution is 5.22. The molecular formula is C14H26N4O3. The number of aryl methyl sites for hydroxylation is 1. The van der Waals surface area contributed by atoms with Gasteiger partial charge in [-0.1, -0.05) is 0 Å². The Morgan fingerprint density at radius 1 is 1.57 bits per heavy atom. The van der Waals surface area contributed by atoms with E-state index in [0.717, 1.165) is 5.56 Å². The van der Waals surface area contributed by atoms with Crippen LogP contribution in [-0.2, 0) is 18.3 Å². The molecule has 2 atom stereocenters. The van der Waals surface area contributed by atoms with E-state index < -0.39 is 0 Å². The van der Waals surface area contributed by atoms with Crippen molar-refractivity contribution in [3.8, 4) is 5.88 Å². The van der Waals surface area contributed by atoms with Crippen LogP contribution in [0.2, 0.25) is 0 Å². The highest BCUT2D eigenvalue weighted by atomic mass is 16.5. The number of hydrogen-bond acceptors (Lipinski definition) is 6. The third-order valence-electron chi connectivity index (χ3n) is 4.26. The third kappa shape index (κ3) is 3.37. The summed E-state index contributed by atoms with van der Waals surface area (Å²) in [5.41, 5.74) is 0.619. The second-order valence-electron chi connectivity index (χ2n) is 5.80. The smallest absolute Gasteiger partial charge is 0.237 e. The topological polar surface area (TPSA) is 71.8 Å². The number of likely N-dealkylation sites (N-methyl/N-ethyl adjacent to an activating group) is 1. The zero-order valence-electron chi connectivity index (χ0n) is 13.3. The second-order valence-corrected chi connectivity index (χ2v) is 5.80. The van der Waals surface area contributed by atoms with Crippen molar-refractivity contribution in [3.05, 3.63) is 11.8 Å². The van der Waals surface area contributed by atoms with Gasteiger partial charge in [-0.25, -0.2) is 0 Å². The van der Waals surface area contributed by atoms with Crippen LogP contribution in [0.15, 0.2) is 6.20 Å². The molecule has 1 aliphatic heterocycles. The number of rotatable bonds is 6. The lowest BCUT2D eigenvalue weighted by molar-refractivity contribution is -0.106. The molecule has 1 aromatic rings. The van der Waals surface area contributed by atoms with Crippen molar-refractivity contribution in [2.45, 2.75) is 25.0 Å². The van der Waals surface area contributed by atoms with Gasteiger partial charge < -0.3 is 19.9 Å². The van der Waals surface area contributed by atoms with Crippen molar-refractivity contribution in [2.75, 3.05) is 40.5 Å². The predicted molar refractivity (Wildman–Crippen MR) is 79.3 cm³/mol. The van der Waals surface area contributed by atoms with Crippen molar-refractivity contribution in [1.29, 1.82) is 0 Å². The van der Waals surface area contributed by atoms with Gasteiger partial charge in [-0.05, 0) is 14.0 Å². The minimum Gasteiger partial charge on any atom is -0.480 e. The SMILES string of the molecule is COc1nn(C)cc1CNC[C@]1(CO)COC[C@@H](C)N1C. The molecule has 2 heterocycles. The van der Waals surface area contributed by atoms with E-state index >= 15 is 0 Å². The van der Waals surface area contributed by atoms with Gasteiger partial charge in [0.25, 0.3) is 0 Å². The van der Waals surface area contributed by atoms with Gasteiger partial charge in [-0.3, -0.25) is 9.58 Å². The molecule has 1 aliphatic rings. The summed E-state index contributed by atoms with van der Waals surface area (Å²) in [6, 6.07) is 0.292. The van der Waals surface area contributed by atoms with Gasteiger partial charge in [0.05, 0.1) is 32.5 Å². The number of aromatic nitrogens is 2. The zero-order valence-corrected chi connectivity index (χ0v) is 13.3. The van der Waals surface area contributed by atoms with Crippen LogP contribution in [-0.4, -0.2) is 71.9 Å². The highest BCUT2D eigenvalue weighted by Gasteiger charge is 2.40. The highest BCUT2D eigenvalue weighted by Crippen LogP contribution is 2.22. The molecule has 1 fully saturated rings. The molecule has 120 valence electrons. The lowest BCUT2D eigenvalue weighted by Crippen LogP contribution is -2.65. The van der Waals surface area contributed by atoms with Crippen LogP contribution in [0, 0.1) is 0 Å². The van der Waals surface area contributed by atoms with E-state index in [1.807, 2.05) is 20.3 Å². The predicted octanol–water partition coefficient (Wildman–Crippen LogP) is -0.400. The average molecular weight is 298 g/mol. The van der Waals surface area contributed by atoms with E-state index in [2.05, 4.69) is 22.2 Å². The van der Waals surface area contributed by atoms with Crippen LogP contribution >= 0.6 is 0 Å². The van der Waals surface area contributed by atoms with Gasteiger partial charge in [0, 0.05) is 37.9 Å². The number of nitrogens with zero attached hydrogens (tertiary/aromatic N) is 3. The first-order valence-electron chi connectivity index (χ1n) is 7.21. The fraction of sp³-hybridized carbons (Fsp3) is 0.786. The molecule has 0 saturated carbocycles. The standard InChI is InChI=1S/C14H26N4O3/c1-11-7-21-10-14(9-19,18(11)3)8-15-5-12-6-17(2)16-13(12)20-4/h6,11,15,19H,5,7-10H2,1-4H3/t11-,14+/m1/s1. The van der Waals surface area contributed by atoms with E-state index in [-0.39, 0.29) is 12.1 Å². The fourth-order valence-electron chi connectivity index (χ4n) is 2.73. The van der Waals surface area contributed by atoms with Gasteiger partial charge in [0.15, 0.2) is 0 Å². The molecule has 0 unspecified atom stereocenters. The van der Waals surface area contributed by atoms with E-state index in [0.29, 0.717) is 38.2 Å². The Labute approximate surface area is 125 Å². The second kappa shape index (κ2) is 6.74. The number of morpholine rings is 1. The molecule has 7 heteroatoms. The molecule has 0 aliphatic carbocycles. The largest absolute Gasteiger partial charge is 0.480 e. The Hall–Kier alpha value is -1.15. The van der Waals surface area contributed by atoms with E-state index in [1.165, 1.54) is 0 Å². The van der Waals surface area contributed by atoms with Crippen molar-refractivity contribution in [1.82, 2.24) is 20.0 Å². The van der Waals surface area contributed by atoms with E-state index in [9.17, 15) is 5.11 Å². The number of ether oxygens (including phenoxy) is 2. The van der Waals surface area contributed by atoms with Crippen molar-refractivity contribution in [3.63, 3.8) is 0 Å². The third-order valence-corrected chi connectivity index (χ3v) is 4.26. The van der Waals surface area contributed by atoms with Gasteiger partial charge in [-0.15, -0.1) is 5.10 Å². The Kier molecular flexibility index (Phi) is 5.21. The van der Waals surface area contributed by atoms with Gasteiger partial charge in [0.2, 0.25) is 5.88 Å². The van der Waals surface area contributed by atoms with Crippen molar-refractivity contribution >= 4 is 0 Å². The number of aliphatic hydroxyl groups is 1. The molecule has 2 rings (SSSR count). The van der Waals surface area contributed by atoms with Gasteiger partial charge >= 0.3 is 0 Å². The fourth-order valence-corrected chi connectivity index (χ4v) is 2.73. The Morgan fingerprint density at radius 3 is 3.00 bits per heavy atom. The van der Waals surface area contributed by atoms with Crippen LogP contribution in [0.3, 0.4) is 0 Å². The van der Waals surface area contributed by atoms with E-state index in [1.54, 1.807) is 11.8 Å². The van der Waals surface area contributed by atoms with E-state index in [4.69, 9.17) is 9.47 Å². The van der Waals surface area contributed by atoms with Crippen molar-refractivity contribution < 1.29 is 14.6 Å². The zero-order chi connectivity index (χ0) is 15.5. The lowest BCUT2D eigenvalue weighted by Gasteiger charge is -2.47. The Bertz CT molecular complexity index is 465. The van der Waals surface area contributed by atoms with Gasteiger partial charge in [0.1, 0.15) is 0 Å². The molecule has 7 nitrogen and oxygen atoms in total. The number of aliphatic hydroxyl groups excluding tert-OH is 1. The average Bonchev–Trinajstić information content (AvgIpc) is 2.84. The first-order chi connectivity index (χ1) is 10.0. The van der Waals surface area contributed by atoms with Crippen LogP contribution < -0.4 is 10.1 Å². The summed E-state index contributed by atoms with van der Waals surface area (Å²) in [6.07, 6.45) is 1.93. The molecule has 1 saturated heterocycles. The minimum absolute atomic E-state index is 0.0605. The summed E-state index contributed by atoms with van der Waals surface area (Å²) in [7, 11) is 5.52. The Balaban J connectivity index is 1.97. The number of nitrogens with one attached hydrogen (secondary N) is 1. The molecule has 21 heavy (non-hydrogen) atoms. The number of methoxy groups -OCH3 is 1.